The number of alkyl halides is 1. The highest BCUT2D eigenvalue weighted by Gasteiger charge is 2.48. The molecule has 2 heterocycles. The minimum Gasteiger partial charge on any atom is -0.388 e. The lowest BCUT2D eigenvalue weighted by atomic mass is 9.84. The molecule has 0 saturated carbocycles. The minimum absolute atomic E-state index is 0.109. The molecule has 0 aromatic carbocycles. The van der Waals surface area contributed by atoms with E-state index in [9.17, 15) is 20.1 Å². The summed E-state index contributed by atoms with van der Waals surface area (Å²) in [5.74, 6) is -0.443. The van der Waals surface area contributed by atoms with Gasteiger partial charge in [-0.1, -0.05) is 33.6 Å². The van der Waals surface area contributed by atoms with Crippen molar-refractivity contribution in [2.75, 3.05) is 12.8 Å². The topological polar surface area (TPSA) is 111 Å². The lowest BCUT2D eigenvalue weighted by Crippen LogP contribution is -2.65. The van der Waals surface area contributed by atoms with Gasteiger partial charge in [-0.15, -0.1) is 11.8 Å². The lowest BCUT2D eigenvalue weighted by molar-refractivity contribution is -0.208. The average Bonchev–Trinajstić information content (AvgIpc) is 2.69. The number of carbonyl (C=O) groups is 1. The number of aliphatic hydroxyl groups excluding tert-OH is 3. The average molecular weight is 437 g/mol. The van der Waals surface area contributed by atoms with Crippen LogP contribution in [0.25, 0.3) is 0 Å². The van der Waals surface area contributed by atoms with E-state index in [0.717, 1.165) is 12.8 Å². The molecule has 8 atom stereocenters. The van der Waals surface area contributed by atoms with Crippen molar-refractivity contribution < 1.29 is 29.2 Å². The zero-order valence-electron chi connectivity index (χ0n) is 17.8. The van der Waals surface area contributed by atoms with Crippen LogP contribution in [0.2, 0.25) is 0 Å². The van der Waals surface area contributed by atoms with Crippen LogP contribution in [0, 0.1) is 5.92 Å². The van der Waals surface area contributed by atoms with Crippen molar-refractivity contribution in [3.63, 3.8) is 0 Å². The van der Waals surface area contributed by atoms with Crippen molar-refractivity contribution in [3.8, 4) is 0 Å². The van der Waals surface area contributed by atoms with Crippen LogP contribution >= 0.6 is 11.8 Å². The molecule has 2 fully saturated rings. The van der Waals surface area contributed by atoms with Gasteiger partial charge in [-0.3, -0.25) is 4.79 Å². The highest BCUT2D eigenvalue weighted by atomic mass is 32.2. The Hall–Kier alpha value is -0.450. The van der Waals surface area contributed by atoms with Crippen molar-refractivity contribution in [2.24, 2.45) is 5.92 Å². The standard InChI is InChI=1S/C20H37FN2O5S/c1-5-6-7-20(21)8-9-22-12(10-20)18(27)23-13(11(2)3)17-15(25)14(24)16(26)19(28-17)29-4/h11-17,19,22,24-26H,5-10H2,1-4H3,(H,23,27). The van der Waals surface area contributed by atoms with Gasteiger partial charge in [0.2, 0.25) is 5.91 Å². The summed E-state index contributed by atoms with van der Waals surface area (Å²) >= 11 is 1.23. The van der Waals surface area contributed by atoms with Gasteiger partial charge in [-0.25, -0.2) is 4.39 Å². The molecular weight excluding hydrogens is 399 g/mol. The number of thioether (sulfide) groups is 1. The molecule has 0 spiro atoms. The second-order valence-electron chi connectivity index (χ2n) is 8.67. The molecule has 170 valence electrons. The van der Waals surface area contributed by atoms with E-state index in [0.29, 0.717) is 19.4 Å². The van der Waals surface area contributed by atoms with E-state index in [4.69, 9.17) is 4.74 Å². The third-order valence-electron chi connectivity index (χ3n) is 6.05. The number of halogens is 1. The smallest absolute Gasteiger partial charge is 0.237 e. The molecule has 5 N–H and O–H groups in total. The summed E-state index contributed by atoms with van der Waals surface area (Å²) in [6, 6.07) is -1.25. The molecular formula is C20H37FN2O5S. The third-order valence-corrected chi connectivity index (χ3v) is 6.90. The first-order valence-corrected chi connectivity index (χ1v) is 11.9. The summed E-state index contributed by atoms with van der Waals surface area (Å²) in [6.45, 7) is 6.21. The van der Waals surface area contributed by atoms with Crippen LogP contribution in [0.4, 0.5) is 4.39 Å². The number of unbranched alkanes of at least 4 members (excludes halogenated alkanes) is 1. The summed E-state index contributed by atoms with van der Waals surface area (Å²) < 4.78 is 21.0. The first-order chi connectivity index (χ1) is 13.6. The van der Waals surface area contributed by atoms with Crippen molar-refractivity contribution in [2.45, 2.75) is 100 Å². The number of hydrogen-bond acceptors (Lipinski definition) is 7. The maximum absolute atomic E-state index is 15.1. The predicted molar refractivity (Wildman–Crippen MR) is 111 cm³/mol. The highest BCUT2D eigenvalue weighted by molar-refractivity contribution is 7.99. The number of nitrogens with one attached hydrogen (secondary N) is 2. The first kappa shape index (κ1) is 24.8. The molecule has 0 aromatic rings. The fraction of sp³-hybridized carbons (Fsp3) is 0.950. The van der Waals surface area contributed by atoms with Crippen LogP contribution in [-0.4, -0.2) is 81.6 Å². The Morgan fingerprint density at radius 1 is 1.31 bits per heavy atom. The van der Waals surface area contributed by atoms with Crippen LogP contribution in [0.1, 0.15) is 52.9 Å². The molecule has 0 aromatic heterocycles. The largest absolute Gasteiger partial charge is 0.388 e. The molecule has 2 saturated heterocycles. The lowest BCUT2D eigenvalue weighted by Gasteiger charge is -2.44. The quantitative estimate of drug-likeness (QED) is 0.385. The van der Waals surface area contributed by atoms with Gasteiger partial charge in [0.1, 0.15) is 35.5 Å². The van der Waals surface area contributed by atoms with E-state index in [1.54, 1.807) is 6.26 Å². The molecule has 0 aliphatic carbocycles. The van der Waals surface area contributed by atoms with Gasteiger partial charge < -0.3 is 30.7 Å². The van der Waals surface area contributed by atoms with E-state index in [1.165, 1.54) is 11.8 Å². The Labute approximate surface area is 177 Å². The first-order valence-electron chi connectivity index (χ1n) is 10.6. The Balaban J connectivity index is 2.08. The summed E-state index contributed by atoms with van der Waals surface area (Å²) in [5, 5.41) is 36.8. The van der Waals surface area contributed by atoms with E-state index in [2.05, 4.69) is 10.6 Å². The van der Waals surface area contributed by atoms with Gasteiger partial charge in [-0.05, 0) is 31.6 Å². The predicted octanol–water partition coefficient (Wildman–Crippen LogP) is 0.948. The molecule has 2 rings (SSSR count). The van der Waals surface area contributed by atoms with Crippen LogP contribution in [-0.2, 0) is 9.53 Å². The fourth-order valence-corrected chi connectivity index (χ4v) is 4.85. The molecule has 1 amide bonds. The van der Waals surface area contributed by atoms with E-state index in [1.807, 2.05) is 20.8 Å². The van der Waals surface area contributed by atoms with Crippen molar-refractivity contribution in [3.05, 3.63) is 0 Å². The van der Waals surface area contributed by atoms with Gasteiger partial charge in [0.05, 0.1) is 12.1 Å². The third kappa shape index (κ3) is 6.04. The molecule has 7 nitrogen and oxygen atoms in total. The number of ether oxygens (including phenoxy) is 1. The summed E-state index contributed by atoms with van der Waals surface area (Å²) in [7, 11) is 0. The Kier molecular flexibility index (Phi) is 9.18. The summed E-state index contributed by atoms with van der Waals surface area (Å²) in [6.07, 6.45) is -0.409. The second kappa shape index (κ2) is 10.7. The van der Waals surface area contributed by atoms with Crippen molar-refractivity contribution in [1.29, 1.82) is 0 Å². The SMILES string of the molecule is CCCCC1(F)CCNC(C(=O)NC(C(C)C)C2OC(SC)C(O)C(O)C2O)C1. The Bertz CT molecular complexity index is 541. The number of carbonyl (C=O) groups excluding carboxylic acids is 1. The molecule has 8 unspecified atom stereocenters. The summed E-state index contributed by atoms with van der Waals surface area (Å²) in [4.78, 5) is 12.9. The molecule has 0 radical (unpaired) electrons. The van der Waals surface area contributed by atoms with E-state index < -0.39 is 47.6 Å². The molecule has 9 heteroatoms. The van der Waals surface area contributed by atoms with Gasteiger partial charge in [0.25, 0.3) is 0 Å². The maximum atomic E-state index is 15.1. The number of aliphatic hydroxyl groups is 3. The van der Waals surface area contributed by atoms with Crippen molar-refractivity contribution in [1.82, 2.24) is 10.6 Å². The van der Waals surface area contributed by atoms with Crippen LogP contribution in [0.15, 0.2) is 0 Å². The number of amides is 1. The van der Waals surface area contributed by atoms with Crippen LogP contribution in [0.3, 0.4) is 0 Å². The highest BCUT2D eigenvalue weighted by Crippen LogP contribution is 2.33. The maximum Gasteiger partial charge on any atom is 0.237 e. The molecule has 2 aliphatic heterocycles. The minimum atomic E-state index is -1.37. The van der Waals surface area contributed by atoms with Gasteiger partial charge in [0.15, 0.2) is 0 Å². The van der Waals surface area contributed by atoms with Crippen LogP contribution in [0.5, 0.6) is 0 Å². The van der Waals surface area contributed by atoms with Crippen LogP contribution < -0.4 is 10.6 Å². The van der Waals surface area contributed by atoms with Gasteiger partial charge in [0, 0.05) is 6.42 Å². The Morgan fingerprint density at radius 3 is 2.59 bits per heavy atom. The number of rotatable bonds is 8. The summed E-state index contributed by atoms with van der Waals surface area (Å²) in [5.41, 5.74) is -2.06. The second-order valence-corrected chi connectivity index (χ2v) is 9.61. The zero-order chi connectivity index (χ0) is 21.8. The fourth-order valence-electron chi connectivity index (χ4n) is 4.17. The normalized spacial score (nSPS) is 39.3. The number of piperidine rings is 1. The van der Waals surface area contributed by atoms with Gasteiger partial charge >= 0.3 is 0 Å². The molecule has 2 aliphatic rings. The van der Waals surface area contributed by atoms with E-state index in [-0.39, 0.29) is 18.2 Å². The Morgan fingerprint density at radius 2 is 2.00 bits per heavy atom. The monoisotopic (exact) mass is 436 g/mol. The molecule has 0 bridgehead atoms. The zero-order valence-corrected chi connectivity index (χ0v) is 18.6. The number of hydrogen-bond donors (Lipinski definition) is 5. The van der Waals surface area contributed by atoms with Gasteiger partial charge in [-0.2, -0.15) is 0 Å². The van der Waals surface area contributed by atoms with Crippen molar-refractivity contribution >= 4 is 17.7 Å². The van der Waals surface area contributed by atoms with E-state index >= 15 is 4.39 Å². The molecule has 29 heavy (non-hydrogen) atoms.